The van der Waals surface area contributed by atoms with Gasteiger partial charge < -0.3 is 15.0 Å². The predicted molar refractivity (Wildman–Crippen MR) is 68.2 cm³/mol. The molecule has 0 bridgehead atoms. The molecule has 0 spiro atoms. The van der Waals surface area contributed by atoms with E-state index >= 15 is 0 Å². The van der Waals surface area contributed by atoms with E-state index in [1.54, 1.807) is 22.8 Å². The summed E-state index contributed by atoms with van der Waals surface area (Å²) in [6, 6.07) is 9.22. The van der Waals surface area contributed by atoms with Crippen LogP contribution in [0.1, 0.15) is 21.6 Å². The Morgan fingerprint density at radius 3 is 3.05 bits per heavy atom. The Bertz CT molecular complexity index is 655. The minimum absolute atomic E-state index is 0.0962. The third-order valence-corrected chi connectivity index (χ3v) is 2.67. The first kappa shape index (κ1) is 12.6. The van der Waals surface area contributed by atoms with Gasteiger partial charge in [0.15, 0.2) is 5.69 Å². The lowest BCUT2D eigenvalue weighted by atomic mass is 10.1. The number of carbonyl (C=O) groups excluding carboxylic acids is 1. The van der Waals surface area contributed by atoms with Crippen LogP contribution in [0.25, 0.3) is 0 Å². The zero-order valence-corrected chi connectivity index (χ0v) is 10.3. The SMILES string of the molecule is COC(=O)c1ncn(Cc2cccc(C#N)c2)c1N. The third-order valence-electron chi connectivity index (χ3n) is 2.67. The van der Waals surface area contributed by atoms with Crippen LogP contribution in [-0.4, -0.2) is 22.6 Å². The molecule has 0 saturated carbocycles. The number of methoxy groups -OCH3 is 1. The van der Waals surface area contributed by atoms with Gasteiger partial charge in [-0.05, 0) is 17.7 Å². The molecule has 96 valence electrons. The first-order chi connectivity index (χ1) is 9.15. The van der Waals surface area contributed by atoms with Crippen molar-refractivity contribution in [2.24, 2.45) is 0 Å². The number of carbonyl (C=O) groups is 1. The van der Waals surface area contributed by atoms with Crippen LogP contribution in [0.3, 0.4) is 0 Å². The molecule has 2 aromatic rings. The molecule has 0 atom stereocenters. The molecule has 2 rings (SSSR count). The highest BCUT2D eigenvalue weighted by Crippen LogP contribution is 2.14. The number of hydrogen-bond acceptors (Lipinski definition) is 5. The summed E-state index contributed by atoms with van der Waals surface area (Å²) in [6.07, 6.45) is 1.47. The maximum Gasteiger partial charge on any atom is 0.360 e. The van der Waals surface area contributed by atoms with Crippen LogP contribution in [-0.2, 0) is 11.3 Å². The van der Waals surface area contributed by atoms with Gasteiger partial charge in [0.25, 0.3) is 0 Å². The molecule has 0 saturated heterocycles. The monoisotopic (exact) mass is 256 g/mol. The molecule has 0 aliphatic rings. The van der Waals surface area contributed by atoms with Gasteiger partial charge in [0, 0.05) is 0 Å². The van der Waals surface area contributed by atoms with Gasteiger partial charge in [0.1, 0.15) is 5.82 Å². The highest BCUT2D eigenvalue weighted by atomic mass is 16.5. The Morgan fingerprint density at radius 1 is 1.58 bits per heavy atom. The number of anilines is 1. The molecule has 0 amide bonds. The van der Waals surface area contributed by atoms with Crippen LogP contribution in [0.2, 0.25) is 0 Å². The second-order valence-corrected chi connectivity index (χ2v) is 3.91. The Kier molecular flexibility index (Phi) is 3.48. The number of nitrogen functional groups attached to an aromatic ring is 1. The Balaban J connectivity index is 2.27. The van der Waals surface area contributed by atoms with Gasteiger partial charge in [-0.1, -0.05) is 12.1 Å². The van der Waals surface area contributed by atoms with E-state index in [1.807, 2.05) is 6.07 Å². The van der Waals surface area contributed by atoms with Gasteiger partial charge in [-0.25, -0.2) is 9.78 Å². The molecule has 1 aromatic carbocycles. The number of hydrogen-bond donors (Lipinski definition) is 1. The average Bonchev–Trinajstić information content (AvgIpc) is 2.80. The number of imidazole rings is 1. The molecular formula is C13H12N4O2. The summed E-state index contributed by atoms with van der Waals surface area (Å²) in [7, 11) is 1.27. The predicted octanol–water partition coefficient (Wildman–Crippen LogP) is 1.17. The molecule has 19 heavy (non-hydrogen) atoms. The lowest BCUT2D eigenvalue weighted by Crippen LogP contribution is -2.09. The molecule has 0 fully saturated rings. The molecule has 1 heterocycles. The van der Waals surface area contributed by atoms with Gasteiger partial charge in [0.05, 0.1) is 31.6 Å². The number of nitriles is 1. The highest BCUT2D eigenvalue weighted by molar-refractivity contribution is 5.92. The first-order valence-corrected chi connectivity index (χ1v) is 5.53. The number of ether oxygens (including phenoxy) is 1. The van der Waals surface area contributed by atoms with Crippen LogP contribution < -0.4 is 5.73 Å². The van der Waals surface area contributed by atoms with E-state index in [9.17, 15) is 4.79 Å². The fourth-order valence-electron chi connectivity index (χ4n) is 1.71. The Labute approximate surface area is 110 Å². The largest absolute Gasteiger partial charge is 0.464 e. The molecule has 6 heteroatoms. The summed E-state index contributed by atoms with van der Waals surface area (Å²) in [6.45, 7) is 0.436. The first-order valence-electron chi connectivity index (χ1n) is 5.53. The van der Waals surface area contributed by atoms with Crippen molar-refractivity contribution >= 4 is 11.8 Å². The molecule has 0 aliphatic heterocycles. The lowest BCUT2D eigenvalue weighted by molar-refractivity contribution is 0.0596. The van der Waals surface area contributed by atoms with Gasteiger partial charge in [-0.2, -0.15) is 5.26 Å². The van der Waals surface area contributed by atoms with E-state index in [4.69, 9.17) is 11.0 Å². The molecular weight excluding hydrogens is 244 g/mol. The lowest BCUT2D eigenvalue weighted by Gasteiger charge is -2.05. The van der Waals surface area contributed by atoms with Crippen molar-refractivity contribution in [2.45, 2.75) is 6.54 Å². The third kappa shape index (κ3) is 2.55. The molecule has 0 radical (unpaired) electrons. The number of esters is 1. The van der Waals surface area contributed by atoms with Gasteiger partial charge in [-0.3, -0.25) is 0 Å². The van der Waals surface area contributed by atoms with Gasteiger partial charge >= 0.3 is 5.97 Å². The van der Waals surface area contributed by atoms with Crippen LogP contribution in [0.15, 0.2) is 30.6 Å². The Morgan fingerprint density at radius 2 is 2.37 bits per heavy atom. The van der Waals surface area contributed by atoms with E-state index in [1.165, 1.54) is 13.4 Å². The number of rotatable bonds is 3. The van der Waals surface area contributed by atoms with Crippen LogP contribution in [0, 0.1) is 11.3 Å². The molecule has 0 unspecified atom stereocenters. The van der Waals surface area contributed by atoms with Crippen molar-refractivity contribution in [3.8, 4) is 6.07 Å². The van der Waals surface area contributed by atoms with Crippen molar-refractivity contribution < 1.29 is 9.53 Å². The van der Waals surface area contributed by atoms with E-state index in [-0.39, 0.29) is 11.5 Å². The maximum absolute atomic E-state index is 11.4. The summed E-state index contributed by atoms with van der Waals surface area (Å²) >= 11 is 0. The van der Waals surface area contributed by atoms with Crippen LogP contribution in [0.4, 0.5) is 5.82 Å². The normalized spacial score (nSPS) is 9.89. The summed E-state index contributed by atoms with van der Waals surface area (Å²) in [5.41, 5.74) is 7.40. The fourth-order valence-corrected chi connectivity index (χ4v) is 1.71. The quantitative estimate of drug-likeness (QED) is 0.832. The van der Waals surface area contributed by atoms with E-state index < -0.39 is 5.97 Å². The van der Waals surface area contributed by atoms with Crippen LogP contribution >= 0.6 is 0 Å². The van der Waals surface area contributed by atoms with Crippen molar-refractivity contribution in [1.82, 2.24) is 9.55 Å². The molecule has 2 N–H and O–H groups in total. The average molecular weight is 256 g/mol. The number of aromatic nitrogens is 2. The highest BCUT2D eigenvalue weighted by Gasteiger charge is 2.16. The number of benzene rings is 1. The number of nitrogens with two attached hydrogens (primary N) is 1. The molecule has 1 aromatic heterocycles. The van der Waals surface area contributed by atoms with Gasteiger partial charge in [0.2, 0.25) is 0 Å². The fraction of sp³-hybridized carbons (Fsp3) is 0.154. The maximum atomic E-state index is 11.4. The van der Waals surface area contributed by atoms with Crippen molar-refractivity contribution in [1.29, 1.82) is 5.26 Å². The summed E-state index contributed by atoms with van der Waals surface area (Å²) < 4.78 is 6.21. The zero-order chi connectivity index (χ0) is 13.8. The van der Waals surface area contributed by atoms with Crippen molar-refractivity contribution in [3.63, 3.8) is 0 Å². The minimum Gasteiger partial charge on any atom is -0.464 e. The number of nitrogens with zero attached hydrogens (tertiary/aromatic N) is 3. The van der Waals surface area contributed by atoms with Crippen LogP contribution in [0.5, 0.6) is 0 Å². The van der Waals surface area contributed by atoms with Gasteiger partial charge in [-0.15, -0.1) is 0 Å². The van der Waals surface area contributed by atoms with E-state index in [0.29, 0.717) is 12.1 Å². The van der Waals surface area contributed by atoms with Crippen molar-refractivity contribution in [3.05, 3.63) is 47.4 Å². The zero-order valence-electron chi connectivity index (χ0n) is 10.3. The summed E-state index contributed by atoms with van der Waals surface area (Å²) in [5.74, 6) is -0.323. The second-order valence-electron chi connectivity index (χ2n) is 3.91. The van der Waals surface area contributed by atoms with E-state index in [2.05, 4.69) is 15.8 Å². The topological polar surface area (TPSA) is 93.9 Å². The molecule has 0 aliphatic carbocycles. The smallest absolute Gasteiger partial charge is 0.360 e. The standard InChI is InChI=1S/C13H12N4O2/c1-19-13(18)11-12(15)17(8-16-11)7-10-4-2-3-9(5-10)6-14/h2-5,8H,7,15H2,1H3. The Hall–Kier alpha value is -2.81. The summed E-state index contributed by atoms with van der Waals surface area (Å²) in [5, 5.41) is 8.84. The molecule has 6 nitrogen and oxygen atoms in total. The second kappa shape index (κ2) is 5.23. The minimum atomic E-state index is -0.568. The van der Waals surface area contributed by atoms with Crippen molar-refractivity contribution in [2.75, 3.05) is 12.8 Å². The van der Waals surface area contributed by atoms with E-state index in [0.717, 1.165) is 5.56 Å². The summed E-state index contributed by atoms with van der Waals surface area (Å²) in [4.78, 5) is 15.3.